The normalized spacial score (nSPS) is 14.6. The number of nitro groups is 1. The molecule has 0 spiro atoms. The number of hydrogen-bond donors (Lipinski definition) is 1. The zero-order valence-corrected chi connectivity index (χ0v) is 19.7. The number of nitrogens with zero attached hydrogens (tertiary/aromatic N) is 4. The highest BCUT2D eigenvalue weighted by Crippen LogP contribution is 2.25. The number of benzene rings is 1. The van der Waals surface area contributed by atoms with Crippen molar-refractivity contribution in [3.05, 3.63) is 51.4 Å². The predicted molar refractivity (Wildman–Crippen MR) is 124 cm³/mol. The van der Waals surface area contributed by atoms with Gasteiger partial charge < -0.3 is 15.1 Å². The number of piperazine rings is 1. The SMILES string of the molecule is CCN(CC)S(=O)(=O)c1ccc(CNC(=O)N2CCN(c3ccc([N+](=O)[O-])cc3)CC2)s1. The van der Waals surface area contributed by atoms with Crippen LogP contribution in [0.1, 0.15) is 18.7 Å². The van der Waals surface area contributed by atoms with Crippen LogP contribution in [0, 0.1) is 10.1 Å². The first-order valence-electron chi connectivity index (χ1n) is 10.4. The third kappa shape index (κ3) is 5.37. The monoisotopic (exact) mass is 481 g/mol. The second-order valence-electron chi connectivity index (χ2n) is 7.22. The van der Waals surface area contributed by atoms with E-state index in [0.29, 0.717) is 39.3 Å². The van der Waals surface area contributed by atoms with Crippen LogP contribution < -0.4 is 10.2 Å². The Morgan fingerprint density at radius 3 is 2.28 bits per heavy atom. The maximum absolute atomic E-state index is 12.6. The molecule has 1 saturated heterocycles. The molecule has 32 heavy (non-hydrogen) atoms. The lowest BCUT2D eigenvalue weighted by molar-refractivity contribution is -0.384. The maximum atomic E-state index is 12.6. The summed E-state index contributed by atoms with van der Waals surface area (Å²) in [5.41, 5.74) is 0.935. The Morgan fingerprint density at radius 2 is 1.72 bits per heavy atom. The third-order valence-corrected chi connectivity index (χ3v) is 8.95. The number of amides is 2. The van der Waals surface area contributed by atoms with Crippen LogP contribution in [0.15, 0.2) is 40.6 Å². The second kappa shape index (κ2) is 10.3. The number of nitro benzene ring substituents is 1. The van der Waals surface area contributed by atoms with E-state index in [2.05, 4.69) is 10.2 Å². The maximum Gasteiger partial charge on any atom is 0.317 e. The Labute approximate surface area is 191 Å². The highest BCUT2D eigenvalue weighted by Gasteiger charge is 2.24. The average Bonchev–Trinajstić information content (AvgIpc) is 3.28. The second-order valence-corrected chi connectivity index (χ2v) is 10.5. The summed E-state index contributed by atoms with van der Waals surface area (Å²) >= 11 is 1.17. The van der Waals surface area contributed by atoms with Crippen LogP contribution in [0.5, 0.6) is 0 Å². The molecule has 1 aromatic carbocycles. The van der Waals surface area contributed by atoms with E-state index in [-0.39, 0.29) is 22.5 Å². The summed E-state index contributed by atoms with van der Waals surface area (Å²) in [5, 5.41) is 13.6. The van der Waals surface area contributed by atoms with E-state index < -0.39 is 14.9 Å². The van der Waals surface area contributed by atoms with E-state index in [1.165, 1.54) is 27.8 Å². The van der Waals surface area contributed by atoms with Gasteiger partial charge in [0.2, 0.25) is 0 Å². The van der Waals surface area contributed by atoms with Crippen molar-refractivity contribution in [1.29, 1.82) is 0 Å². The fourth-order valence-electron chi connectivity index (χ4n) is 3.51. The van der Waals surface area contributed by atoms with Crippen LogP contribution in [0.3, 0.4) is 0 Å². The number of nitrogens with one attached hydrogen (secondary N) is 1. The van der Waals surface area contributed by atoms with Gasteiger partial charge in [-0.2, -0.15) is 4.31 Å². The molecule has 0 radical (unpaired) electrons. The molecule has 0 saturated carbocycles. The summed E-state index contributed by atoms with van der Waals surface area (Å²) in [4.78, 5) is 27.5. The standard InChI is InChI=1S/C20H27N5O5S2/c1-3-24(4-2)32(29,30)19-10-9-18(31-19)15-21-20(26)23-13-11-22(12-14-23)16-5-7-17(8-6-16)25(27)28/h5-10H,3-4,11-15H2,1-2H3,(H,21,26). The molecule has 12 heteroatoms. The van der Waals surface area contributed by atoms with Gasteiger partial charge in [-0.15, -0.1) is 11.3 Å². The Hall–Kier alpha value is -2.70. The molecule has 174 valence electrons. The van der Waals surface area contributed by atoms with Gasteiger partial charge in [-0.3, -0.25) is 10.1 Å². The molecule has 1 aliphatic rings. The van der Waals surface area contributed by atoms with Crippen LogP contribution in [0.4, 0.5) is 16.2 Å². The van der Waals surface area contributed by atoms with Crippen molar-refractivity contribution in [2.45, 2.75) is 24.6 Å². The fraction of sp³-hybridized carbons (Fsp3) is 0.450. The van der Waals surface area contributed by atoms with Gasteiger partial charge in [-0.05, 0) is 24.3 Å². The Bertz CT molecular complexity index is 1040. The Balaban J connectivity index is 1.51. The molecule has 0 aliphatic carbocycles. The van der Waals surface area contributed by atoms with Gasteiger partial charge in [0.05, 0.1) is 11.5 Å². The van der Waals surface area contributed by atoms with E-state index in [0.717, 1.165) is 10.6 Å². The number of thiophene rings is 1. The zero-order chi connectivity index (χ0) is 23.3. The van der Waals surface area contributed by atoms with Crippen LogP contribution in [0.25, 0.3) is 0 Å². The molecule has 1 N–H and O–H groups in total. The summed E-state index contributed by atoms with van der Waals surface area (Å²) in [6, 6.07) is 9.50. The van der Waals surface area contributed by atoms with Crippen molar-refractivity contribution in [3.8, 4) is 0 Å². The fourth-order valence-corrected chi connectivity index (χ4v) is 6.42. The number of urea groups is 1. The van der Waals surface area contributed by atoms with Gasteiger partial charge in [0.15, 0.2) is 0 Å². The lowest BCUT2D eigenvalue weighted by atomic mass is 10.2. The molecule has 1 aromatic heterocycles. The topological polar surface area (TPSA) is 116 Å². The van der Waals surface area contributed by atoms with Crippen molar-refractivity contribution >= 4 is 38.8 Å². The molecule has 1 fully saturated rings. The number of carbonyl (C=O) groups excluding carboxylic acids is 1. The minimum atomic E-state index is -3.49. The molecule has 0 bridgehead atoms. The molecule has 0 atom stereocenters. The van der Waals surface area contributed by atoms with Crippen LogP contribution in [-0.4, -0.2) is 67.8 Å². The van der Waals surface area contributed by atoms with E-state index in [1.807, 2.05) is 0 Å². The Morgan fingerprint density at radius 1 is 1.09 bits per heavy atom. The summed E-state index contributed by atoms with van der Waals surface area (Å²) in [5.74, 6) is 0. The minimum Gasteiger partial charge on any atom is -0.368 e. The zero-order valence-electron chi connectivity index (χ0n) is 18.1. The number of sulfonamides is 1. The van der Waals surface area contributed by atoms with Crippen molar-refractivity contribution in [1.82, 2.24) is 14.5 Å². The molecule has 10 nitrogen and oxygen atoms in total. The third-order valence-electron chi connectivity index (χ3n) is 5.34. The number of rotatable bonds is 8. The quantitative estimate of drug-likeness (QED) is 0.458. The first-order valence-corrected chi connectivity index (χ1v) is 12.6. The lowest BCUT2D eigenvalue weighted by Gasteiger charge is -2.36. The highest BCUT2D eigenvalue weighted by molar-refractivity contribution is 7.91. The van der Waals surface area contributed by atoms with Gasteiger partial charge in [0, 0.05) is 62.0 Å². The van der Waals surface area contributed by atoms with Crippen molar-refractivity contribution < 1.29 is 18.1 Å². The van der Waals surface area contributed by atoms with Gasteiger partial charge >= 0.3 is 6.03 Å². The number of anilines is 1. The van der Waals surface area contributed by atoms with Crippen LogP contribution >= 0.6 is 11.3 Å². The summed E-state index contributed by atoms with van der Waals surface area (Å²) in [6.45, 7) is 6.98. The van der Waals surface area contributed by atoms with Crippen molar-refractivity contribution in [2.24, 2.45) is 0 Å². The highest BCUT2D eigenvalue weighted by atomic mass is 32.2. The molecule has 2 aromatic rings. The molecule has 3 rings (SSSR count). The number of hydrogen-bond acceptors (Lipinski definition) is 7. The van der Waals surface area contributed by atoms with Crippen LogP contribution in [-0.2, 0) is 16.6 Å². The van der Waals surface area contributed by atoms with E-state index in [1.54, 1.807) is 43.0 Å². The molecular formula is C20H27N5O5S2. The van der Waals surface area contributed by atoms with E-state index >= 15 is 0 Å². The molecular weight excluding hydrogens is 454 g/mol. The molecule has 2 heterocycles. The van der Waals surface area contributed by atoms with Gasteiger partial charge in [-0.1, -0.05) is 13.8 Å². The largest absolute Gasteiger partial charge is 0.368 e. The minimum absolute atomic E-state index is 0.0494. The summed E-state index contributed by atoms with van der Waals surface area (Å²) < 4.78 is 26.9. The molecule has 1 aliphatic heterocycles. The lowest BCUT2D eigenvalue weighted by Crippen LogP contribution is -2.51. The summed E-state index contributed by atoms with van der Waals surface area (Å²) in [7, 11) is -3.49. The van der Waals surface area contributed by atoms with Gasteiger partial charge in [0.1, 0.15) is 4.21 Å². The Kier molecular flexibility index (Phi) is 7.69. The van der Waals surface area contributed by atoms with Gasteiger partial charge in [-0.25, -0.2) is 13.2 Å². The molecule has 0 unspecified atom stereocenters. The summed E-state index contributed by atoms with van der Waals surface area (Å²) in [6.07, 6.45) is 0. The van der Waals surface area contributed by atoms with E-state index in [4.69, 9.17) is 0 Å². The van der Waals surface area contributed by atoms with Gasteiger partial charge in [0.25, 0.3) is 15.7 Å². The van der Waals surface area contributed by atoms with Crippen LogP contribution in [0.2, 0.25) is 0 Å². The van der Waals surface area contributed by atoms with Crippen molar-refractivity contribution in [3.63, 3.8) is 0 Å². The smallest absolute Gasteiger partial charge is 0.317 e. The average molecular weight is 482 g/mol. The van der Waals surface area contributed by atoms with Crippen molar-refractivity contribution in [2.75, 3.05) is 44.2 Å². The first kappa shape index (κ1) is 24.0. The number of non-ortho nitro benzene ring substituents is 1. The molecule has 2 amide bonds. The first-order chi connectivity index (χ1) is 15.3. The van der Waals surface area contributed by atoms with E-state index in [9.17, 15) is 23.3 Å². The predicted octanol–water partition coefficient (Wildman–Crippen LogP) is 2.72. The number of carbonyl (C=O) groups is 1.